The molecule has 0 unspecified atom stereocenters. The van der Waals surface area contributed by atoms with E-state index in [1.165, 1.54) is 18.9 Å². The Balaban J connectivity index is 0.00000196. The summed E-state index contributed by atoms with van der Waals surface area (Å²) in [4.78, 5) is 11.1. The normalized spacial score (nSPS) is 20.5. The summed E-state index contributed by atoms with van der Waals surface area (Å²) in [7, 11) is 0. The first kappa shape index (κ1) is 16.0. The van der Waals surface area contributed by atoms with Crippen LogP contribution in [-0.4, -0.2) is 33.3 Å². The highest BCUT2D eigenvalue weighted by atomic mass is 19.1. The van der Waals surface area contributed by atoms with E-state index < -0.39 is 0 Å². The lowest BCUT2D eigenvalue weighted by Crippen LogP contribution is -2.21. The summed E-state index contributed by atoms with van der Waals surface area (Å²) in [5.41, 5.74) is 1.46. The maximum Gasteiger partial charge on any atom is 0.181 e. The molecular weight excluding hydrogens is 317 g/mol. The molecule has 0 aliphatic carbocycles. The summed E-state index contributed by atoms with van der Waals surface area (Å²) < 4.78 is 14.5. The van der Waals surface area contributed by atoms with Crippen LogP contribution < -0.4 is 4.90 Å². The van der Waals surface area contributed by atoms with Crippen molar-refractivity contribution in [2.24, 2.45) is 11.8 Å². The first-order chi connectivity index (χ1) is 12.2. The van der Waals surface area contributed by atoms with E-state index in [1.54, 1.807) is 12.3 Å². The lowest BCUT2D eigenvalue weighted by molar-refractivity contribution is 0.418. The highest BCUT2D eigenvalue weighted by molar-refractivity contribution is 5.89. The van der Waals surface area contributed by atoms with Crippen LogP contribution in [0.4, 0.5) is 10.2 Å². The monoisotopic (exact) mass is 347 g/mol. The van der Waals surface area contributed by atoms with E-state index in [1.807, 2.05) is 12.1 Å². The van der Waals surface area contributed by atoms with Gasteiger partial charge in [-0.3, -0.25) is 5.10 Å². The van der Waals surface area contributed by atoms with Crippen LogP contribution in [0, 0.1) is 17.7 Å². The fourth-order valence-electron chi connectivity index (χ4n) is 3.78. The zero-order valence-corrected chi connectivity index (χ0v) is 14.5. The Kier molecular flexibility index (Phi) is 4.11. The number of pyridine rings is 2. The Labute approximate surface area is 152 Å². The highest BCUT2D eigenvalue weighted by Crippen LogP contribution is 2.32. The van der Waals surface area contributed by atoms with Gasteiger partial charge >= 0.3 is 0 Å². The molecule has 1 aliphatic rings. The summed E-state index contributed by atoms with van der Waals surface area (Å²) in [6, 6.07) is 6.97. The second-order valence-electron chi connectivity index (χ2n) is 6.90. The molecule has 138 valence electrons. The summed E-state index contributed by atoms with van der Waals surface area (Å²) in [5.74, 6) is 1.79. The van der Waals surface area contributed by atoms with Gasteiger partial charge in [-0.05, 0) is 42.5 Å². The molecule has 1 N–H and O–H groups in total. The number of aromatic amines is 1. The second kappa shape index (κ2) is 6.43. The summed E-state index contributed by atoms with van der Waals surface area (Å²) in [5, 5.41) is 7.83. The number of nitrogens with zero attached hydrogens (tertiary/aromatic N) is 4. The quantitative estimate of drug-likeness (QED) is 0.720. The third kappa shape index (κ3) is 2.86. The van der Waals surface area contributed by atoms with Crippen LogP contribution in [0.25, 0.3) is 22.4 Å². The van der Waals surface area contributed by atoms with Gasteiger partial charge in [-0.15, -0.1) is 0 Å². The van der Waals surface area contributed by atoms with E-state index in [4.69, 9.17) is 0 Å². The molecule has 6 heteroatoms. The minimum atomic E-state index is -0.351. The second-order valence-corrected chi connectivity index (χ2v) is 6.90. The summed E-state index contributed by atoms with van der Waals surface area (Å²) in [6.45, 7) is 6.46. The molecule has 3 aromatic rings. The van der Waals surface area contributed by atoms with Gasteiger partial charge in [-0.25, -0.2) is 14.4 Å². The van der Waals surface area contributed by atoms with Crippen LogP contribution >= 0.6 is 0 Å². The van der Waals surface area contributed by atoms with Crippen molar-refractivity contribution in [3.8, 4) is 11.4 Å². The van der Waals surface area contributed by atoms with E-state index in [2.05, 4.69) is 38.9 Å². The Morgan fingerprint density at radius 3 is 3.04 bits per heavy atom. The Morgan fingerprint density at radius 1 is 1.32 bits per heavy atom. The molecule has 4 heterocycles. The van der Waals surface area contributed by atoms with E-state index in [-0.39, 0.29) is 11.5 Å². The zero-order chi connectivity index (χ0) is 17.4. The van der Waals surface area contributed by atoms with Crippen molar-refractivity contribution in [3.05, 3.63) is 36.3 Å². The van der Waals surface area contributed by atoms with Crippen LogP contribution in [0.1, 0.15) is 32.4 Å². The van der Waals surface area contributed by atoms with Crippen molar-refractivity contribution in [3.63, 3.8) is 0 Å². The van der Waals surface area contributed by atoms with Gasteiger partial charge in [0.25, 0.3) is 0 Å². The summed E-state index contributed by atoms with van der Waals surface area (Å²) in [6.07, 6.45) is 4.09. The zero-order valence-electron chi connectivity index (χ0n) is 14.5. The largest absolute Gasteiger partial charge is 0.356 e. The average molecular weight is 347 g/mol. The molecule has 0 bridgehead atoms. The number of nitrogens with one attached hydrogen (secondary N) is 1. The molecule has 1 saturated heterocycles. The average Bonchev–Trinajstić information content (AvgIpc) is 3.20. The summed E-state index contributed by atoms with van der Waals surface area (Å²) >= 11 is 0. The van der Waals surface area contributed by atoms with Crippen molar-refractivity contribution in [2.45, 2.75) is 26.7 Å². The number of aromatic nitrogens is 4. The number of halogens is 1. The van der Waals surface area contributed by atoms with Crippen LogP contribution in [-0.2, 0) is 0 Å². The van der Waals surface area contributed by atoms with Crippen molar-refractivity contribution < 1.29 is 10.1 Å². The van der Waals surface area contributed by atoms with E-state index in [0.29, 0.717) is 28.9 Å². The number of hydrogen-bond donors (Lipinski definition) is 1. The molecule has 3 aromatic heterocycles. The van der Waals surface area contributed by atoms with Gasteiger partial charge in [0.05, 0.1) is 5.69 Å². The van der Waals surface area contributed by atoms with Crippen LogP contribution in [0.3, 0.4) is 0 Å². The minimum Gasteiger partial charge on any atom is -0.356 e. The van der Waals surface area contributed by atoms with Crippen molar-refractivity contribution in [1.82, 2.24) is 20.2 Å². The maximum atomic E-state index is 14.5. The molecule has 0 amide bonds. The number of rotatable bonds is 4. The predicted octanol–water partition coefficient (Wildman–Crippen LogP) is 5.02. The van der Waals surface area contributed by atoms with E-state index in [0.717, 1.165) is 24.3 Å². The van der Waals surface area contributed by atoms with Crippen molar-refractivity contribution in [2.75, 3.05) is 18.0 Å². The van der Waals surface area contributed by atoms with Crippen LogP contribution in [0.2, 0.25) is 0 Å². The number of H-pyrrole nitrogens is 1. The molecule has 0 spiro atoms. The first-order valence-corrected chi connectivity index (χ1v) is 8.88. The minimum absolute atomic E-state index is 0. The number of anilines is 1. The molecule has 2 atom stereocenters. The van der Waals surface area contributed by atoms with Crippen molar-refractivity contribution >= 4 is 16.9 Å². The molecule has 1 aliphatic heterocycles. The van der Waals surface area contributed by atoms with Gasteiger partial charge in [-0.2, -0.15) is 5.10 Å². The molecule has 1 fully saturated rings. The van der Waals surface area contributed by atoms with Gasteiger partial charge in [-0.1, -0.05) is 20.3 Å². The van der Waals surface area contributed by atoms with Crippen LogP contribution in [0.5, 0.6) is 0 Å². The smallest absolute Gasteiger partial charge is 0.181 e. The maximum absolute atomic E-state index is 14.5. The van der Waals surface area contributed by atoms with Crippen LogP contribution in [0.15, 0.2) is 30.5 Å². The molecule has 5 nitrogen and oxygen atoms in total. The fourth-order valence-corrected chi connectivity index (χ4v) is 3.78. The predicted molar refractivity (Wildman–Crippen MR) is 105 cm³/mol. The lowest BCUT2D eigenvalue weighted by atomic mass is 9.94. The molecular formula is C19H30FN5. The van der Waals surface area contributed by atoms with Crippen molar-refractivity contribution in [1.29, 1.82) is 0 Å². The third-order valence-electron chi connectivity index (χ3n) is 5.15. The third-order valence-corrected chi connectivity index (χ3v) is 5.15. The molecule has 0 aromatic carbocycles. The van der Waals surface area contributed by atoms with Gasteiger partial charge in [0.1, 0.15) is 11.5 Å². The molecule has 4 rings (SSSR count). The molecule has 25 heavy (non-hydrogen) atoms. The molecule has 0 radical (unpaired) electrons. The first-order valence-electron chi connectivity index (χ1n) is 8.88. The number of hydrogen-bond acceptors (Lipinski definition) is 4. The molecule has 0 saturated carbocycles. The highest BCUT2D eigenvalue weighted by Gasteiger charge is 2.30. The fraction of sp³-hybridized carbons (Fsp3) is 0.421. The van der Waals surface area contributed by atoms with E-state index in [9.17, 15) is 4.39 Å². The SMILES string of the molecule is CCC[C@@H]1CN(c2ccc(F)c(-c3[nH]nc4ncccc34)n2)C[C@@H]1C.[HH].[HH].[HH].[HH]. The van der Waals surface area contributed by atoms with Gasteiger partial charge in [0, 0.05) is 30.4 Å². The van der Waals surface area contributed by atoms with Gasteiger partial charge in [0.15, 0.2) is 11.5 Å². The Bertz CT molecular complexity index is 907. The standard InChI is InChI=1S/C19H22FN5.4H2/c1-3-5-13-11-25(10-12(13)2)16-8-7-15(20)18(22-16)17-14-6-4-9-21-19(14)24-23-17;;;;/h4,6-9,12-13H,3,5,10-11H2,1-2H3,(H,21,23,24);4*1H/t12-,13+;;;;/m0..../s1. The lowest BCUT2D eigenvalue weighted by Gasteiger charge is -2.18. The Morgan fingerprint density at radius 2 is 2.20 bits per heavy atom. The van der Waals surface area contributed by atoms with E-state index >= 15 is 0 Å². The number of fused-ring (bicyclic) bond motifs is 1. The Hall–Kier alpha value is -2.50. The topological polar surface area (TPSA) is 57.7 Å². The van der Waals surface area contributed by atoms with Gasteiger partial charge < -0.3 is 4.90 Å². The van der Waals surface area contributed by atoms with Gasteiger partial charge in [0.2, 0.25) is 0 Å².